The number of rotatable bonds is 3. The quantitative estimate of drug-likeness (QED) is 0.572. The summed E-state index contributed by atoms with van der Waals surface area (Å²) in [4.78, 5) is 0. The van der Waals surface area contributed by atoms with Gasteiger partial charge in [0.1, 0.15) is 5.76 Å². The lowest BCUT2D eigenvalue weighted by Gasteiger charge is -2.49. The Morgan fingerprint density at radius 2 is 1.48 bits per heavy atom. The Hall–Kier alpha value is -0.720. The predicted molar refractivity (Wildman–Crippen MR) is 103 cm³/mol. The van der Waals surface area contributed by atoms with Crippen molar-refractivity contribution in [2.75, 3.05) is 0 Å². The molecule has 0 aromatic rings. The SMILES string of the molecule is CCCCC1(C(C)(C)C)C=C(C(C)(C)C)C(O)=C(C(C)(C)C)C1. The van der Waals surface area contributed by atoms with E-state index in [1.807, 2.05) is 0 Å². The van der Waals surface area contributed by atoms with Crippen LogP contribution in [0.15, 0.2) is 23.0 Å². The number of aliphatic hydroxyl groups excluding tert-OH is 1. The van der Waals surface area contributed by atoms with Crippen molar-refractivity contribution in [2.45, 2.75) is 94.9 Å². The minimum atomic E-state index is -0.0380. The molecule has 0 heterocycles. The summed E-state index contributed by atoms with van der Waals surface area (Å²) in [6.45, 7) is 22.7. The van der Waals surface area contributed by atoms with E-state index >= 15 is 0 Å². The molecule has 0 saturated heterocycles. The van der Waals surface area contributed by atoms with Crippen LogP contribution in [0, 0.1) is 21.7 Å². The van der Waals surface area contributed by atoms with Crippen LogP contribution >= 0.6 is 0 Å². The molecule has 0 spiro atoms. The molecule has 1 rings (SSSR count). The first-order valence-electron chi connectivity index (χ1n) is 9.32. The van der Waals surface area contributed by atoms with Gasteiger partial charge >= 0.3 is 0 Å². The van der Waals surface area contributed by atoms with E-state index in [4.69, 9.17) is 0 Å². The summed E-state index contributed by atoms with van der Waals surface area (Å²) >= 11 is 0. The van der Waals surface area contributed by atoms with Gasteiger partial charge in [0, 0.05) is 0 Å². The molecule has 1 atom stereocenters. The molecule has 1 aliphatic carbocycles. The highest BCUT2D eigenvalue weighted by Crippen LogP contribution is 2.56. The van der Waals surface area contributed by atoms with Crippen LogP contribution in [-0.2, 0) is 0 Å². The molecule has 23 heavy (non-hydrogen) atoms. The Morgan fingerprint density at radius 3 is 1.83 bits per heavy atom. The third-order valence-corrected chi connectivity index (χ3v) is 5.64. The second-order valence-corrected chi connectivity index (χ2v) is 10.6. The predicted octanol–water partition coefficient (Wildman–Crippen LogP) is 7.44. The van der Waals surface area contributed by atoms with Crippen molar-refractivity contribution >= 4 is 0 Å². The van der Waals surface area contributed by atoms with E-state index in [1.54, 1.807) is 0 Å². The minimum Gasteiger partial charge on any atom is -0.508 e. The van der Waals surface area contributed by atoms with Gasteiger partial charge in [0.15, 0.2) is 0 Å². The van der Waals surface area contributed by atoms with Crippen molar-refractivity contribution < 1.29 is 5.11 Å². The molecule has 0 amide bonds. The first-order chi connectivity index (χ1) is 10.2. The summed E-state index contributed by atoms with van der Waals surface area (Å²) in [5.74, 6) is 0.557. The first-order valence-corrected chi connectivity index (χ1v) is 9.32. The van der Waals surface area contributed by atoms with E-state index in [0.717, 1.165) is 12.0 Å². The van der Waals surface area contributed by atoms with Gasteiger partial charge in [-0.25, -0.2) is 0 Å². The van der Waals surface area contributed by atoms with Crippen molar-refractivity contribution in [2.24, 2.45) is 21.7 Å². The summed E-state index contributed by atoms with van der Waals surface area (Å²) < 4.78 is 0. The zero-order valence-electron chi connectivity index (χ0n) is 17.4. The molecule has 0 radical (unpaired) electrons. The van der Waals surface area contributed by atoms with Crippen LogP contribution in [0.1, 0.15) is 94.9 Å². The average Bonchev–Trinajstić information content (AvgIpc) is 2.33. The van der Waals surface area contributed by atoms with Crippen LogP contribution < -0.4 is 0 Å². The minimum absolute atomic E-state index is 0.00242. The van der Waals surface area contributed by atoms with E-state index in [1.165, 1.54) is 24.8 Å². The van der Waals surface area contributed by atoms with Crippen molar-refractivity contribution in [3.63, 3.8) is 0 Å². The van der Waals surface area contributed by atoms with E-state index < -0.39 is 0 Å². The molecule has 1 N–H and O–H groups in total. The summed E-state index contributed by atoms with van der Waals surface area (Å²) in [5, 5.41) is 11.0. The molecule has 1 nitrogen and oxygen atoms in total. The summed E-state index contributed by atoms with van der Waals surface area (Å²) in [5.41, 5.74) is 2.63. The lowest BCUT2D eigenvalue weighted by atomic mass is 9.55. The highest BCUT2D eigenvalue weighted by Gasteiger charge is 2.46. The second kappa shape index (κ2) is 6.30. The second-order valence-electron chi connectivity index (χ2n) is 10.6. The van der Waals surface area contributed by atoms with Crippen molar-refractivity contribution in [3.05, 3.63) is 23.0 Å². The largest absolute Gasteiger partial charge is 0.508 e. The maximum Gasteiger partial charge on any atom is 0.118 e. The molecule has 1 aliphatic rings. The lowest BCUT2D eigenvalue weighted by Crippen LogP contribution is -2.40. The fourth-order valence-corrected chi connectivity index (χ4v) is 3.66. The normalized spacial score (nSPS) is 24.0. The summed E-state index contributed by atoms with van der Waals surface area (Å²) in [6.07, 6.45) is 7.07. The van der Waals surface area contributed by atoms with E-state index in [2.05, 4.69) is 75.3 Å². The number of unbranched alkanes of at least 4 members (excludes halogenated alkanes) is 1. The van der Waals surface area contributed by atoms with Crippen LogP contribution in [0.4, 0.5) is 0 Å². The lowest BCUT2D eigenvalue weighted by molar-refractivity contribution is 0.110. The van der Waals surface area contributed by atoms with Gasteiger partial charge in [0.05, 0.1) is 0 Å². The van der Waals surface area contributed by atoms with Gasteiger partial charge in [-0.05, 0) is 45.6 Å². The van der Waals surface area contributed by atoms with Gasteiger partial charge < -0.3 is 5.11 Å². The molecular formula is C22H40O. The fraction of sp³-hybridized carbons (Fsp3) is 0.818. The fourth-order valence-electron chi connectivity index (χ4n) is 3.66. The van der Waals surface area contributed by atoms with E-state index in [-0.39, 0.29) is 21.7 Å². The topological polar surface area (TPSA) is 20.2 Å². The van der Waals surface area contributed by atoms with Crippen LogP contribution in [0.2, 0.25) is 0 Å². The molecule has 1 heteroatoms. The zero-order valence-corrected chi connectivity index (χ0v) is 17.4. The Morgan fingerprint density at radius 1 is 0.957 bits per heavy atom. The molecule has 0 aromatic carbocycles. The zero-order chi connectivity index (χ0) is 18.3. The molecule has 0 fully saturated rings. The summed E-state index contributed by atoms with van der Waals surface area (Å²) in [7, 11) is 0. The molecule has 0 saturated carbocycles. The van der Waals surface area contributed by atoms with Gasteiger partial charge in [0.25, 0.3) is 0 Å². The van der Waals surface area contributed by atoms with Gasteiger partial charge in [-0.3, -0.25) is 0 Å². The molecule has 0 aliphatic heterocycles. The third-order valence-electron chi connectivity index (χ3n) is 5.64. The average molecular weight is 321 g/mol. The van der Waals surface area contributed by atoms with Gasteiger partial charge in [0.2, 0.25) is 0 Å². The van der Waals surface area contributed by atoms with Gasteiger partial charge in [-0.2, -0.15) is 0 Å². The summed E-state index contributed by atoms with van der Waals surface area (Å²) in [6, 6.07) is 0. The van der Waals surface area contributed by atoms with Crippen LogP contribution in [0.5, 0.6) is 0 Å². The molecule has 1 unspecified atom stereocenters. The standard InChI is InChI=1S/C22H40O/c1-11-12-13-22(21(8,9)10)14-16(19(2,3)4)18(23)17(15-22)20(5,6)7/h14,23H,11-13,15H2,1-10H3. The number of hydrogen-bond acceptors (Lipinski definition) is 1. The van der Waals surface area contributed by atoms with E-state index in [0.29, 0.717) is 5.76 Å². The molecule has 0 aromatic heterocycles. The van der Waals surface area contributed by atoms with Crippen LogP contribution in [0.3, 0.4) is 0 Å². The van der Waals surface area contributed by atoms with Gasteiger partial charge in [-0.15, -0.1) is 0 Å². The highest BCUT2D eigenvalue weighted by molar-refractivity contribution is 5.43. The van der Waals surface area contributed by atoms with Crippen LogP contribution in [0.25, 0.3) is 0 Å². The maximum atomic E-state index is 11.0. The Bertz CT molecular complexity index is 486. The Balaban J connectivity index is 3.60. The van der Waals surface area contributed by atoms with E-state index in [9.17, 15) is 5.11 Å². The number of hydrogen-bond donors (Lipinski definition) is 1. The van der Waals surface area contributed by atoms with Crippen molar-refractivity contribution in [3.8, 4) is 0 Å². The number of aliphatic hydroxyl groups is 1. The first kappa shape index (κ1) is 20.3. The molecule has 0 bridgehead atoms. The van der Waals surface area contributed by atoms with Crippen molar-refractivity contribution in [1.29, 1.82) is 0 Å². The monoisotopic (exact) mass is 320 g/mol. The van der Waals surface area contributed by atoms with Crippen molar-refractivity contribution in [1.82, 2.24) is 0 Å². The third kappa shape index (κ3) is 4.22. The Kier molecular flexibility index (Phi) is 5.56. The highest BCUT2D eigenvalue weighted by atomic mass is 16.3. The number of allylic oxidation sites excluding steroid dienone is 3. The smallest absolute Gasteiger partial charge is 0.118 e. The molecular weight excluding hydrogens is 280 g/mol. The van der Waals surface area contributed by atoms with Gasteiger partial charge in [-0.1, -0.05) is 88.2 Å². The van der Waals surface area contributed by atoms with Crippen LogP contribution in [-0.4, -0.2) is 5.11 Å². The maximum absolute atomic E-state index is 11.0. The molecule has 134 valence electrons. The Labute approximate surface area is 145 Å².